The van der Waals surface area contributed by atoms with Crippen LogP contribution >= 0.6 is 11.3 Å². The zero-order valence-electron chi connectivity index (χ0n) is 12.4. The van der Waals surface area contributed by atoms with Crippen LogP contribution in [0, 0.1) is 6.92 Å². The minimum Gasteiger partial charge on any atom is -0.360 e. The third-order valence-corrected chi connectivity index (χ3v) is 4.17. The average Bonchev–Trinajstić information content (AvgIpc) is 3.03. The quantitative estimate of drug-likeness (QED) is 0.770. The maximum absolute atomic E-state index is 4.53. The average molecular weight is 303 g/mol. The molecule has 0 saturated heterocycles. The van der Waals surface area contributed by atoms with Gasteiger partial charge in [0.1, 0.15) is 17.0 Å². The number of aryl methyl sites for hydroxylation is 2. The van der Waals surface area contributed by atoms with Crippen molar-refractivity contribution < 1.29 is 0 Å². The fraction of sp³-hybridized carbons (Fsp3) is 0.385. The second-order valence-corrected chi connectivity index (χ2v) is 6.12. The molecule has 1 unspecified atom stereocenters. The van der Waals surface area contributed by atoms with E-state index in [-0.39, 0.29) is 6.04 Å². The van der Waals surface area contributed by atoms with E-state index < -0.39 is 0 Å². The second-order valence-electron chi connectivity index (χ2n) is 4.89. The van der Waals surface area contributed by atoms with Crippen LogP contribution in [0.4, 0.5) is 11.8 Å². The van der Waals surface area contributed by atoms with Crippen LogP contribution < -0.4 is 10.6 Å². The zero-order chi connectivity index (χ0) is 15.0. The Labute approximate surface area is 126 Å². The number of fused-ring (bicyclic) bond motifs is 1. The molecule has 7 nitrogen and oxygen atoms in total. The highest BCUT2D eigenvalue weighted by Gasteiger charge is 2.16. The van der Waals surface area contributed by atoms with Crippen LogP contribution in [-0.2, 0) is 7.05 Å². The topological polar surface area (TPSA) is 80.5 Å². The molecule has 0 aromatic carbocycles. The number of thiophene rings is 1. The third kappa shape index (κ3) is 2.54. The fourth-order valence-corrected chi connectivity index (χ4v) is 3.10. The van der Waals surface area contributed by atoms with E-state index in [1.165, 1.54) is 4.88 Å². The molecule has 3 heterocycles. The molecule has 8 heteroatoms. The van der Waals surface area contributed by atoms with E-state index in [4.69, 9.17) is 0 Å². The molecule has 0 fully saturated rings. The first kappa shape index (κ1) is 13.7. The smallest absolute Gasteiger partial charge is 0.225 e. The third-order valence-electron chi connectivity index (χ3n) is 3.23. The summed E-state index contributed by atoms with van der Waals surface area (Å²) < 4.78 is 1.90. The summed E-state index contributed by atoms with van der Waals surface area (Å²) >= 11 is 1.66. The Kier molecular flexibility index (Phi) is 3.46. The van der Waals surface area contributed by atoms with Gasteiger partial charge in [0.25, 0.3) is 0 Å². The van der Waals surface area contributed by atoms with Gasteiger partial charge in [0.2, 0.25) is 5.95 Å². The maximum atomic E-state index is 4.53. The van der Waals surface area contributed by atoms with Crippen LogP contribution in [0.15, 0.2) is 12.4 Å². The monoisotopic (exact) mass is 303 g/mol. The molecular formula is C13H17N7S. The Bertz CT molecular complexity index is 776. The van der Waals surface area contributed by atoms with Gasteiger partial charge in [-0.1, -0.05) is 0 Å². The molecule has 0 bridgehead atoms. The summed E-state index contributed by atoms with van der Waals surface area (Å²) in [4.78, 5) is 11.2. The molecule has 110 valence electrons. The van der Waals surface area contributed by atoms with E-state index >= 15 is 0 Å². The molecule has 21 heavy (non-hydrogen) atoms. The normalized spacial score (nSPS) is 12.6. The van der Waals surface area contributed by atoms with E-state index in [9.17, 15) is 0 Å². The lowest BCUT2D eigenvalue weighted by Crippen LogP contribution is -2.13. The minimum atomic E-state index is 0.000474. The molecule has 3 aromatic rings. The second kappa shape index (κ2) is 5.28. The summed E-state index contributed by atoms with van der Waals surface area (Å²) in [5.41, 5.74) is 0. The molecule has 3 aromatic heterocycles. The standard InChI is InChI=1S/C13H17N7S/c1-7-5-9-10(17-13(14-3)18-12(9)21-7)16-8(2)11-19-15-6-20(11)4/h5-6,8H,1-4H3,(H2,14,16,17,18). The van der Waals surface area contributed by atoms with Gasteiger partial charge < -0.3 is 15.2 Å². The van der Waals surface area contributed by atoms with Gasteiger partial charge in [-0.2, -0.15) is 4.98 Å². The maximum Gasteiger partial charge on any atom is 0.225 e. The van der Waals surface area contributed by atoms with Crippen molar-refractivity contribution in [3.8, 4) is 0 Å². The summed E-state index contributed by atoms with van der Waals surface area (Å²) in [6.07, 6.45) is 1.69. The van der Waals surface area contributed by atoms with Crippen molar-refractivity contribution in [2.45, 2.75) is 19.9 Å². The largest absolute Gasteiger partial charge is 0.360 e. The van der Waals surface area contributed by atoms with Crippen LogP contribution in [0.3, 0.4) is 0 Å². The van der Waals surface area contributed by atoms with E-state index in [0.717, 1.165) is 21.9 Å². The molecule has 2 N–H and O–H groups in total. The van der Waals surface area contributed by atoms with Crippen molar-refractivity contribution in [3.63, 3.8) is 0 Å². The van der Waals surface area contributed by atoms with Gasteiger partial charge >= 0.3 is 0 Å². The lowest BCUT2D eigenvalue weighted by atomic mass is 10.3. The number of nitrogens with zero attached hydrogens (tertiary/aromatic N) is 5. The van der Waals surface area contributed by atoms with Crippen LogP contribution in [0.5, 0.6) is 0 Å². The summed E-state index contributed by atoms with van der Waals surface area (Å²) in [5.74, 6) is 2.28. The van der Waals surface area contributed by atoms with Crippen molar-refractivity contribution in [1.29, 1.82) is 0 Å². The summed E-state index contributed by atoms with van der Waals surface area (Å²) in [7, 11) is 3.74. The summed E-state index contributed by atoms with van der Waals surface area (Å²) in [5, 5.41) is 15.5. The van der Waals surface area contributed by atoms with E-state index in [1.807, 2.05) is 25.6 Å². The molecule has 1 atom stereocenters. The SMILES string of the molecule is CNc1nc(NC(C)c2nncn2C)c2cc(C)sc2n1. The Balaban J connectivity index is 2.01. The molecule has 0 aliphatic carbocycles. The summed E-state index contributed by atoms with van der Waals surface area (Å²) in [6, 6.07) is 2.10. The summed E-state index contributed by atoms with van der Waals surface area (Å²) in [6.45, 7) is 4.11. The Morgan fingerprint density at radius 3 is 2.81 bits per heavy atom. The Hall–Kier alpha value is -2.22. The van der Waals surface area contributed by atoms with Crippen LogP contribution in [0.25, 0.3) is 10.2 Å². The first-order valence-corrected chi connectivity index (χ1v) is 7.46. The van der Waals surface area contributed by atoms with E-state index in [2.05, 4.69) is 43.8 Å². The van der Waals surface area contributed by atoms with Crippen molar-refractivity contribution in [2.75, 3.05) is 17.7 Å². The number of hydrogen-bond donors (Lipinski definition) is 2. The molecule has 0 aliphatic heterocycles. The molecule has 3 rings (SSSR count). The molecule has 0 radical (unpaired) electrons. The molecule has 0 aliphatic rings. The zero-order valence-corrected chi connectivity index (χ0v) is 13.2. The van der Waals surface area contributed by atoms with Gasteiger partial charge in [-0.05, 0) is 19.9 Å². The van der Waals surface area contributed by atoms with Crippen LogP contribution in [-0.4, -0.2) is 31.8 Å². The number of aromatic nitrogens is 5. The highest BCUT2D eigenvalue weighted by atomic mass is 32.1. The lowest BCUT2D eigenvalue weighted by Gasteiger charge is -2.14. The van der Waals surface area contributed by atoms with Crippen molar-refractivity contribution >= 4 is 33.3 Å². The highest BCUT2D eigenvalue weighted by Crippen LogP contribution is 2.31. The highest BCUT2D eigenvalue weighted by molar-refractivity contribution is 7.18. The Morgan fingerprint density at radius 1 is 1.33 bits per heavy atom. The van der Waals surface area contributed by atoms with E-state index in [0.29, 0.717) is 5.95 Å². The van der Waals surface area contributed by atoms with Crippen LogP contribution in [0.2, 0.25) is 0 Å². The first-order valence-electron chi connectivity index (χ1n) is 6.65. The van der Waals surface area contributed by atoms with Crippen molar-refractivity contribution in [2.24, 2.45) is 7.05 Å². The van der Waals surface area contributed by atoms with Gasteiger partial charge in [-0.15, -0.1) is 21.5 Å². The first-order chi connectivity index (χ1) is 10.1. The van der Waals surface area contributed by atoms with Gasteiger partial charge in [-0.25, -0.2) is 4.98 Å². The fourth-order valence-electron chi connectivity index (χ4n) is 2.22. The van der Waals surface area contributed by atoms with Gasteiger partial charge in [0.05, 0.1) is 11.4 Å². The molecule has 0 spiro atoms. The van der Waals surface area contributed by atoms with Gasteiger partial charge in [-0.3, -0.25) is 0 Å². The molecule has 0 amide bonds. The van der Waals surface area contributed by atoms with Crippen LogP contribution in [0.1, 0.15) is 23.7 Å². The number of rotatable bonds is 4. The van der Waals surface area contributed by atoms with Gasteiger partial charge in [0, 0.05) is 19.0 Å². The van der Waals surface area contributed by atoms with E-state index in [1.54, 1.807) is 17.7 Å². The lowest BCUT2D eigenvalue weighted by molar-refractivity contribution is 0.717. The molecule has 0 saturated carbocycles. The minimum absolute atomic E-state index is 0.000474. The number of anilines is 2. The van der Waals surface area contributed by atoms with Gasteiger partial charge in [0.15, 0.2) is 5.82 Å². The predicted octanol–water partition coefficient (Wildman–Crippen LogP) is 2.34. The van der Waals surface area contributed by atoms with Crippen molar-refractivity contribution in [3.05, 3.63) is 23.1 Å². The number of nitrogens with one attached hydrogen (secondary N) is 2. The predicted molar refractivity (Wildman–Crippen MR) is 84.7 cm³/mol. The number of hydrogen-bond acceptors (Lipinski definition) is 7. The molecular weight excluding hydrogens is 286 g/mol. The van der Waals surface area contributed by atoms with Crippen molar-refractivity contribution in [1.82, 2.24) is 24.7 Å². The Morgan fingerprint density at radius 2 is 2.14 bits per heavy atom.